The molecule has 0 radical (unpaired) electrons. The van der Waals surface area contributed by atoms with Gasteiger partial charge in [0.1, 0.15) is 11.6 Å². The lowest BCUT2D eigenvalue weighted by Crippen LogP contribution is -2.50. The number of rotatable bonds is 3. The minimum atomic E-state index is -1.41. The molecule has 0 aromatic rings. The van der Waals surface area contributed by atoms with Crippen LogP contribution < -0.4 is 5.32 Å². The van der Waals surface area contributed by atoms with Crippen molar-refractivity contribution < 1.29 is 9.90 Å². The molecule has 0 aliphatic rings. The normalized spacial score (nSPS) is 17.3. The highest BCUT2D eigenvalue weighted by Gasteiger charge is 2.34. The van der Waals surface area contributed by atoms with E-state index in [0.717, 1.165) is 0 Å². The van der Waals surface area contributed by atoms with E-state index in [0.29, 0.717) is 0 Å². The maximum Gasteiger partial charge on any atom is 0.252 e. The van der Waals surface area contributed by atoms with E-state index in [1.54, 1.807) is 20.8 Å². The molecule has 0 rings (SSSR count). The highest BCUT2D eigenvalue weighted by molar-refractivity contribution is 5.85. The number of amides is 1. The number of hydrogen-bond donors (Lipinski definition) is 2. The van der Waals surface area contributed by atoms with E-state index in [1.807, 2.05) is 6.07 Å². The van der Waals surface area contributed by atoms with Gasteiger partial charge < -0.3 is 10.4 Å². The Morgan fingerprint density at radius 3 is 2.31 bits per heavy atom. The summed E-state index contributed by atoms with van der Waals surface area (Å²) in [4.78, 5) is 11.4. The molecule has 0 saturated heterocycles. The van der Waals surface area contributed by atoms with Crippen LogP contribution in [0.25, 0.3) is 0 Å². The van der Waals surface area contributed by atoms with Crippen molar-refractivity contribution in [2.75, 3.05) is 0 Å². The summed E-state index contributed by atoms with van der Waals surface area (Å²) in [7, 11) is 0. The van der Waals surface area contributed by atoms with Crippen molar-refractivity contribution in [1.29, 1.82) is 5.26 Å². The smallest absolute Gasteiger partial charge is 0.252 e. The average Bonchev–Trinajstić information content (AvgIpc) is 2.03. The van der Waals surface area contributed by atoms with Gasteiger partial charge in [-0.2, -0.15) is 5.26 Å². The van der Waals surface area contributed by atoms with Gasteiger partial charge in [0.05, 0.1) is 6.07 Å². The van der Waals surface area contributed by atoms with Gasteiger partial charge in [-0.3, -0.25) is 4.79 Å². The fourth-order valence-electron chi connectivity index (χ4n) is 0.637. The van der Waals surface area contributed by atoms with Crippen LogP contribution >= 0.6 is 0 Å². The van der Waals surface area contributed by atoms with Crippen LogP contribution in [-0.4, -0.2) is 22.7 Å². The van der Waals surface area contributed by atoms with E-state index < -0.39 is 17.6 Å². The molecule has 1 unspecified atom stereocenters. The van der Waals surface area contributed by atoms with Crippen molar-refractivity contribution in [2.45, 2.75) is 39.3 Å². The molecule has 13 heavy (non-hydrogen) atoms. The molecule has 0 saturated carbocycles. The number of nitrogens with zero attached hydrogens (tertiary/aromatic N) is 1. The number of carbonyl (C=O) groups is 1. The summed E-state index contributed by atoms with van der Waals surface area (Å²) in [5.74, 6) is -0.685. The fourth-order valence-corrected chi connectivity index (χ4v) is 0.637. The van der Waals surface area contributed by atoms with Crippen molar-refractivity contribution in [3.8, 4) is 6.07 Å². The number of carbonyl (C=O) groups excluding carboxylic acids is 1. The van der Waals surface area contributed by atoms with E-state index >= 15 is 0 Å². The Kier molecular flexibility index (Phi) is 3.89. The lowest BCUT2D eigenvalue weighted by Gasteiger charge is -2.26. The first-order valence-corrected chi connectivity index (χ1v) is 4.25. The van der Waals surface area contributed by atoms with Crippen LogP contribution in [0.4, 0.5) is 0 Å². The summed E-state index contributed by atoms with van der Waals surface area (Å²) in [6.45, 7) is 6.50. The van der Waals surface area contributed by atoms with Gasteiger partial charge >= 0.3 is 0 Å². The van der Waals surface area contributed by atoms with Crippen molar-refractivity contribution in [2.24, 2.45) is 5.92 Å². The zero-order valence-corrected chi connectivity index (χ0v) is 8.46. The fraction of sp³-hybridized carbons (Fsp3) is 0.778. The molecule has 0 aliphatic heterocycles. The lowest BCUT2D eigenvalue weighted by molar-refractivity contribution is -0.142. The maximum absolute atomic E-state index is 11.4. The van der Waals surface area contributed by atoms with Gasteiger partial charge in [0.25, 0.3) is 5.91 Å². The monoisotopic (exact) mass is 184 g/mol. The molecule has 0 heterocycles. The van der Waals surface area contributed by atoms with Crippen LogP contribution in [0.3, 0.4) is 0 Å². The highest BCUT2D eigenvalue weighted by Crippen LogP contribution is 2.15. The number of nitrogens with one attached hydrogen (secondary N) is 1. The standard InChI is InChI=1S/C9H16N2O2/c1-6(2)9(4,13)8(12)11-7(3)5-10/h6-7,13H,1-4H3,(H,11,12)/t7-,9?/m0/s1. The molecular formula is C9H16N2O2. The third-order valence-corrected chi connectivity index (χ3v) is 2.13. The molecule has 0 fully saturated rings. The molecular weight excluding hydrogens is 168 g/mol. The van der Waals surface area contributed by atoms with Crippen molar-refractivity contribution in [3.05, 3.63) is 0 Å². The molecule has 4 nitrogen and oxygen atoms in total. The van der Waals surface area contributed by atoms with Gasteiger partial charge in [-0.1, -0.05) is 13.8 Å². The summed E-state index contributed by atoms with van der Waals surface area (Å²) in [5.41, 5.74) is -1.41. The quantitative estimate of drug-likeness (QED) is 0.667. The minimum Gasteiger partial charge on any atom is -0.380 e. The summed E-state index contributed by atoms with van der Waals surface area (Å²) >= 11 is 0. The van der Waals surface area contributed by atoms with Crippen molar-refractivity contribution >= 4 is 5.91 Å². The number of hydrogen-bond acceptors (Lipinski definition) is 3. The Labute approximate surface area is 78.6 Å². The molecule has 1 amide bonds. The van der Waals surface area contributed by atoms with Gasteiger partial charge in [-0.25, -0.2) is 0 Å². The van der Waals surface area contributed by atoms with Crippen molar-refractivity contribution in [3.63, 3.8) is 0 Å². The first-order chi connectivity index (χ1) is 5.82. The zero-order chi connectivity index (χ0) is 10.6. The second kappa shape index (κ2) is 4.24. The van der Waals surface area contributed by atoms with Gasteiger partial charge in [-0.05, 0) is 19.8 Å². The topological polar surface area (TPSA) is 73.1 Å². The average molecular weight is 184 g/mol. The van der Waals surface area contributed by atoms with Crippen LogP contribution in [0.15, 0.2) is 0 Å². The van der Waals surface area contributed by atoms with Crippen LogP contribution in [-0.2, 0) is 4.79 Å². The molecule has 2 atom stereocenters. The molecule has 74 valence electrons. The predicted octanol–water partition coefficient (Wildman–Crippen LogP) is 0.422. The first-order valence-electron chi connectivity index (χ1n) is 4.25. The van der Waals surface area contributed by atoms with E-state index in [-0.39, 0.29) is 5.92 Å². The Balaban J connectivity index is 4.36. The second-order valence-corrected chi connectivity index (χ2v) is 3.63. The molecule has 0 aromatic carbocycles. The van der Waals surface area contributed by atoms with Crippen LogP contribution in [0.2, 0.25) is 0 Å². The van der Waals surface area contributed by atoms with E-state index in [4.69, 9.17) is 5.26 Å². The van der Waals surface area contributed by atoms with Crippen LogP contribution in [0.5, 0.6) is 0 Å². The minimum absolute atomic E-state index is 0.182. The third kappa shape index (κ3) is 3.03. The van der Waals surface area contributed by atoms with E-state index in [2.05, 4.69) is 5.32 Å². The van der Waals surface area contributed by atoms with Gasteiger partial charge in [-0.15, -0.1) is 0 Å². The second-order valence-electron chi connectivity index (χ2n) is 3.63. The lowest BCUT2D eigenvalue weighted by atomic mass is 9.91. The Bertz CT molecular complexity index is 228. The molecule has 4 heteroatoms. The SMILES string of the molecule is CC(C)C(C)(O)C(=O)N[C@@H](C)C#N. The molecule has 2 N–H and O–H groups in total. The Morgan fingerprint density at radius 1 is 1.54 bits per heavy atom. The molecule has 0 aromatic heterocycles. The molecule has 0 spiro atoms. The van der Waals surface area contributed by atoms with Crippen LogP contribution in [0, 0.1) is 17.2 Å². The number of nitriles is 1. The Hall–Kier alpha value is -1.08. The predicted molar refractivity (Wildman–Crippen MR) is 48.7 cm³/mol. The number of aliphatic hydroxyl groups is 1. The molecule has 0 bridgehead atoms. The third-order valence-electron chi connectivity index (χ3n) is 2.13. The molecule has 0 aliphatic carbocycles. The zero-order valence-electron chi connectivity index (χ0n) is 8.46. The van der Waals surface area contributed by atoms with Crippen LogP contribution in [0.1, 0.15) is 27.7 Å². The summed E-state index contributed by atoms with van der Waals surface area (Å²) < 4.78 is 0. The Morgan fingerprint density at radius 2 is 2.00 bits per heavy atom. The van der Waals surface area contributed by atoms with E-state index in [1.165, 1.54) is 6.92 Å². The highest BCUT2D eigenvalue weighted by atomic mass is 16.3. The first kappa shape index (κ1) is 11.9. The summed E-state index contributed by atoms with van der Waals surface area (Å²) in [6, 6.07) is 1.29. The van der Waals surface area contributed by atoms with Crippen molar-refractivity contribution in [1.82, 2.24) is 5.32 Å². The van der Waals surface area contributed by atoms with Gasteiger partial charge in [0, 0.05) is 0 Å². The van der Waals surface area contributed by atoms with Gasteiger partial charge in [0.15, 0.2) is 0 Å². The maximum atomic E-state index is 11.4. The summed E-state index contributed by atoms with van der Waals surface area (Å²) in [6.07, 6.45) is 0. The van der Waals surface area contributed by atoms with E-state index in [9.17, 15) is 9.90 Å². The summed E-state index contributed by atoms with van der Waals surface area (Å²) in [5, 5.41) is 20.5. The van der Waals surface area contributed by atoms with Gasteiger partial charge in [0.2, 0.25) is 0 Å². The largest absolute Gasteiger partial charge is 0.380 e.